The van der Waals surface area contributed by atoms with Gasteiger partial charge < -0.3 is 9.80 Å². The highest BCUT2D eigenvalue weighted by Crippen LogP contribution is 2.54. The normalized spacial score (nSPS) is 21.9. The van der Waals surface area contributed by atoms with Gasteiger partial charge in [0.15, 0.2) is 0 Å². The molecule has 1 atom stereocenters. The minimum Gasteiger partial charge on any atom is -0.332 e. The Balaban J connectivity index is 1.59. The van der Waals surface area contributed by atoms with Crippen molar-refractivity contribution in [2.24, 2.45) is 5.92 Å². The van der Waals surface area contributed by atoms with Crippen LogP contribution in [0.5, 0.6) is 0 Å². The number of nitrogens with zero attached hydrogens (tertiary/aromatic N) is 2. The molecule has 0 bridgehead atoms. The summed E-state index contributed by atoms with van der Waals surface area (Å²) in [4.78, 5) is 5.44. The first kappa shape index (κ1) is 21.3. The van der Waals surface area contributed by atoms with E-state index in [0.29, 0.717) is 12.1 Å². The predicted octanol–water partition coefficient (Wildman–Crippen LogP) is 7.77. The van der Waals surface area contributed by atoms with Gasteiger partial charge in [-0.05, 0) is 67.5 Å². The zero-order valence-corrected chi connectivity index (χ0v) is 20.3. The summed E-state index contributed by atoms with van der Waals surface area (Å²) in [5.41, 5.74) is 7.81. The summed E-state index contributed by atoms with van der Waals surface area (Å²) in [6.45, 7) is 4.58. The first-order chi connectivity index (χ1) is 16.7. The number of fused-ring (bicyclic) bond motifs is 1. The molecular weight excluding hydrogens is 412 g/mol. The van der Waals surface area contributed by atoms with E-state index >= 15 is 0 Å². The fraction of sp³-hybridized carbons (Fsp3) is 0.312. The number of benzene rings is 3. The molecule has 2 aliphatic heterocycles. The maximum atomic E-state index is 2.77. The van der Waals surface area contributed by atoms with Gasteiger partial charge in [0.2, 0.25) is 0 Å². The predicted molar refractivity (Wildman–Crippen MR) is 141 cm³/mol. The van der Waals surface area contributed by atoms with E-state index in [0.717, 1.165) is 0 Å². The molecule has 0 N–H and O–H groups in total. The lowest BCUT2D eigenvalue weighted by Crippen LogP contribution is -2.54. The van der Waals surface area contributed by atoms with Crippen LogP contribution in [0.25, 0.3) is 0 Å². The van der Waals surface area contributed by atoms with Crippen LogP contribution in [0.15, 0.2) is 108 Å². The maximum Gasteiger partial charge on any atom is 0.112 e. The van der Waals surface area contributed by atoms with Gasteiger partial charge in [0.1, 0.15) is 11.7 Å². The Labute approximate surface area is 204 Å². The first-order valence-electron chi connectivity index (χ1n) is 12.9. The van der Waals surface area contributed by atoms with Crippen molar-refractivity contribution in [3.8, 4) is 0 Å². The van der Waals surface area contributed by atoms with Crippen molar-refractivity contribution in [3.63, 3.8) is 0 Å². The van der Waals surface area contributed by atoms with Crippen LogP contribution in [0, 0.1) is 12.8 Å². The van der Waals surface area contributed by atoms with Gasteiger partial charge in [0, 0.05) is 11.4 Å². The molecule has 3 aromatic rings. The third-order valence-electron chi connectivity index (χ3n) is 8.26. The second-order valence-electron chi connectivity index (χ2n) is 10.1. The van der Waals surface area contributed by atoms with Crippen molar-refractivity contribution < 1.29 is 0 Å². The van der Waals surface area contributed by atoms with E-state index in [-0.39, 0.29) is 5.54 Å². The second-order valence-corrected chi connectivity index (χ2v) is 10.1. The minimum absolute atomic E-state index is 0.298. The third-order valence-corrected chi connectivity index (χ3v) is 8.26. The summed E-state index contributed by atoms with van der Waals surface area (Å²) in [5, 5.41) is 0. The molecule has 0 spiro atoms. The molecule has 0 radical (unpaired) electrons. The number of allylic oxidation sites excluding steroid dienone is 2. The summed E-state index contributed by atoms with van der Waals surface area (Å²) >= 11 is 0. The van der Waals surface area contributed by atoms with E-state index in [1.54, 1.807) is 0 Å². The maximum absolute atomic E-state index is 2.77. The lowest BCUT2D eigenvalue weighted by Gasteiger charge is -2.48. The fourth-order valence-corrected chi connectivity index (χ4v) is 6.67. The molecular formula is C32H34N2. The molecule has 1 saturated carbocycles. The van der Waals surface area contributed by atoms with Crippen LogP contribution in [0.2, 0.25) is 0 Å². The largest absolute Gasteiger partial charge is 0.332 e. The Morgan fingerprint density at radius 3 is 1.91 bits per heavy atom. The first-order valence-corrected chi connectivity index (χ1v) is 12.9. The smallest absolute Gasteiger partial charge is 0.112 e. The standard InChI is InChI=1S/C32H34N2/c1-24-14-12-13-21-29(24)33-25(2)30-22-23-32(27-17-8-4-9-18-27,28-19-10-5-11-20-28)34(30)31(33)26-15-6-3-7-16-26/h4-5,8-14,17-23,26,31H,3,6-7,15-16H2,1-2H3. The molecule has 34 heavy (non-hydrogen) atoms. The van der Waals surface area contributed by atoms with Crippen LogP contribution in [0.4, 0.5) is 5.69 Å². The van der Waals surface area contributed by atoms with Gasteiger partial charge >= 0.3 is 0 Å². The lowest BCUT2D eigenvalue weighted by atomic mass is 9.79. The molecule has 1 unspecified atom stereocenters. The highest BCUT2D eigenvalue weighted by atomic mass is 15.5. The fourth-order valence-electron chi connectivity index (χ4n) is 6.67. The van der Waals surface area contributed by atoms with E-state index in [4.69, 9.17) is 0 Å². The minimum atomic E-state index is -0.307. The van der Waals surface area contributed by atoms with Gasteiger partial charge in [0.25, 0.3) is 0 Å². The molecule has 2 heterocycles. The average Bonchev–Trinajstić information content (AvgIpc) is 3.43. The topological polar surface area (TPSA) is 6.48 Å². The van der Waals surface area contributed by atoms with Gasteiger partial charge in [-0.25, -0.2) is 0 Å². The number of anilines is 1. The van der Waals surface area contributed by atoms with Crippen LogP contribution in [0.3, 0.4) is 0 Å². The SMILES string of the molecule is CC1=C2C=CC(c3ccccc3)(c3ccccc3)N2C(C2CCCCC2)N1c1ccccc1C. The number of rotatable bonds is 4. The van der Waals surface area contributed by atoms with Crippen LogP contribution in [-0.2, 0) is 5.54 Å². The van der Waals surface area contributed by atoms with Crippen LogP contribution in [0.1, 0.15) is 55.7 Å². The molecule has 1 aliphatic carbocycles. The van der Waals surface area contributed by atoms with Crippen LogP contribution >= 0.6 is 0 Å². The quantitative estimate of drug-likeness (QED) is 0.404. The van der Waals surface area contributed by atoms with Gasteiger partial charge in [-0.1, -0.05) is 98.1 Å². The summed E-state index contributed by atoms with van der Waals surface area (Å²) in [6, 6.07) is 31.2. The van der Waals surface area contributed by atoms with Crippen molar-refractivity contribution in [1.29, 1.82) is 0 Å². The molecule has 0 aromatic heterocycles. The van der Waals surface area contributed by atoms with E-state index < -0.39 is 0 Å². The van der Waals surface area contributed by atoms with E-state index in [9.17, 15) is 0 Å². The molecule has 1 fully saturated rings. The lowest BCUT2D eigenvalue weighted by molar-refractivity contribution is 0.118. The third kappa shape index (κ3) is 3.15. The van der Waals surface area contributed by atoms with Gasteiger partial charge in [-0.2, -0.15) is 0 Å². The Kier molecular flexibility index (Phi) is 5.32. The molecule has 3 aliphatic rings. The highest BCUT2D eigenvalue weighted by Gasteiger charge is 2.53. The average molecular weight is 447 g/mol. The van der Waals surface area contributed by atoms with E-state index in [1.165, 1.54) is 65.9 Å². The Morgan fingerprint density at radius 1 is 0.706 bits per heavy atom. The van der Waals surface area contributed by atoms with Gasteiger partial charge in [0.05, 0.1) is 5.70 Å². The van der Waals surface area contributed by atoms with Gasteiger partial charge in [-0.15, -0.1) is 0 Å². The Morgan fingerprint density at radius 2 is 1.29 bits per heavy atom. The Hall–Kier alpha value is -3.26. The number of aryl methyl sites for hydroxylation is 1. The van der Waals surface area contributed by atoms with E-state index in [2.05, 4.69) is 121 Å². The molecule has 2 heteroatoms. The molecule has 2 nitrogen and oxygen atoms in total. The molecule has 0 amide bonds. The van der Waals surface area contributed by atoms with E-state index in [1.807, 2.05) is 0 Å². The number of hydrogen-bond acceptors (Lipinski definition) is 2. The van der Waals surface area contributed by atoms with Crippen molar-refractivity contribution in [1.82, 2.24) is 4.90 Å². The van der Waals surface area contributed by atoms with Crippen molar-refractivity contribution >= 4 is 5.69 Å². The zero-order chi connectivity index (χ0) is 23.1. The molecule has 0 saturated heterocycles. The Bertz CT molecular complexity index is 1180. The van der Waals surface area contributed by atoms with Gasteiger partial charge in [-0.3, -0.25) is 0 Å². The monoisotopic (exact) mass is 446 g/mol. The molecule has 3 aromatic carbocycles. The summed E-state index contributed by atoms with van der Waals surface area (Å²) in [7, 11) is 0. The zero-order valence-electron chi connectivity index (χ0n) is 20.3. The molecule has 172 valence electrons. The van der Waals surface area contributed by atoms with Crippen LogP contribution in [-0.4, -0.2) is 11.1 Å². The second kappa shape index (κ2) is 8.51. The summed E-state index contributed by atoms with van der Waals surface area (Å²) in [5.74, 6) is 0.632. The van der Waals surface area contributed by atoms with Crippen molar-refractivity contribution in [2.45, 2.75) is 57.7 Å². The van der Waals surface area contributed by atoms with Crippen LogP contribution < -0.4 is 4.90 Å². The number of para-hydroxylation sites is 1. The van der Waals surface area contributed by atoms with Crippen molar-refractivity contribution in [2.75, 3.05) is 4.90 Å². The number of hydrogen-bond donors (Lipinski definition) is 0. The summed E-state index contributed by atoms with van der Waals surface area (Å²) < 4.78 is 0. The summed E-state index contributed by atoms with van der Waals surface area (Å²) in [6.07, 6.45) is 11.8. The molecule has 6 rings (SSSR count). The van der Waals surface area contributed by atoms with Crippen molar-refractivity contribution in [3.05, 3.63) is 125 Å². The highest BCUT2D eigenvalue weighted by molar-refractivity contribution is 5.65.